The Morgan fingerprint density at radius 1 is 0.968 bits per heavy atom. The van der Waals surface area contributed by atoms with E-state index in [-0.39, 0.29) is 30.1 Å². The Hall–Kier alpha value is -3.19. The van der Waals surface area contributed by atoms with Crippen LogP contribution in [0.3, 0.4) is 0 Å². The number of nitrogens with zero attached hydrogens (tertiary/aromatic N) is 2. The lowest BCUT2D eigenvalue weighted by atomic mass is 9.95. The van der Waals surface area contributed by atoms with E-state index in [0.29, 0.717) is 44.0 Å². The topological polar surface area (TPSA) is 76.2 Å². The molecule has 2 fully saturated rings. The number of anilines is 1. The van der Waals surface area contributed by atoms with Gasteiger partial charge in [-0.25, -0.2) is 4.90 Å². The monoisotopic (exact) mass is 422 g/mol. The van der Waals surface area contributed by atoms with Crippen molar-refractivity contribution in [3.8, 4) is 11.5 Å². The van der Waals surface area contributed by atoms with Crippen molar-refractivity contribution in [1.29, 1.82) is 0 Å². The quantitative estimate of drug-likeness (QED) is 0.525. The van der Waals surface area contributed by atoms with Gasteiger partial charge in [-0.15, -0.1) is 0 Å². The van der Waals surface area contributed by atoms with Crippen LogP contribution in [0.2, 0.25) is 0 Å². The fraction of sp³-hybridized carbons (Fsp3) is 0.375. The van der Waals surface area contributed by atoms with Crippen LogP contribution >= 0.6 is 0 Å². The van der Waals surface area contributed by atoms with Crippen LogP contribution in [0, 0.1) is 5.92 Å². The standard InChI is InChI=1S/C24H26N2O5/c1-2-30-24(29)17-12-14-25(15-13-17)21-16-22(27)26(23(21)28)18-8-10-20(11-9-18)31-19-6-4-3-5-7-19/h3-11,17,21H,2,12-16H2,1H3. The first-order valence-corrected chi connectivity index (χ1v) is 10.7. The van der Waals surface area contributed by atoms with Gasteiger partial charge in [0.2, 0.25) is 5.91 Å². The van der Waals surface area contributed by atoms with Crippen LogP contribution in [0.5, 0.6) is 11.5 Å². The van der Waals surface area contributed by atoms with E-state index >= 15 is 0 Å². The number of amides is 2. The van der Waals surface area contributed by atoms with E-state index in [0.717, 1.165) is 5.75 Å². The van der Waals surface area contributed by atoms with Crippen LogP contribution in [-0.2, 0) is 19.1 Å². The molecule has 0 aromatic heterocycles. The summed E-state index contributed by atoms with van der Waals surface area (Å²) in [6.45, 7) is 3.37. The zero-order valence-electron chi connectivity index (χ0n) is 17.5. The first-order chi connectivity index (χ1) is 15.1. The SMILES string of the molecule is CCOC(=O)C1CCN(C2CC(=O)N(c3ccc(Oc4ccccc4)cc3)C2=O)CC1. The molecule has 4 rings (SSSR count). The molecule has 2 aliphatic heterocycles. The van der Waals surface area contributed by atoms with Crippen molar-refractivity contribution in [2.24, 2.45) is 5.92 Å². The van der Waals surface area contributed by atoms with Gasteiger partial charge in [-0.1, -0.05) is 18.2 Å². The van der Waals surface area contributed by atoms with Gasteiger partial charge >= 0.3 is 5.97 Å². The fourth-order valence-electron chi connectivity index (χ4n) is 4.17. The van der Waals surface area contributed by atoms with E-state index in [9.17, 15) is 14.4 Å². The van der Waals surface area contributed by atoms with Crippen molar-refractivity contribution in [3.05, 3.63) is 54.6 Å². The molecule has 2 aromatic rings. The number of piperidine rings is 1. The minimum atomic E-state index is -0.476. The molecule has 1 atom stereocenters. The minimum Gasteiger partial charge on any atom is -0.466 e. The number of benzene rings is 2. The summed E-state index contributed by atoms with van der Waals surface area (Å²) in [5.74, 6) is 0.629. The summed E-state index contributed by atoms with van der Waals surface area (Å²) in [6, 6.07) is 15.9. The Bertz CT molecular complexity index is 936. The van der Waals surface area contributed by atoms with Crippen molar-refractivity contribution in [2.75, 3.05) is 24.6 Å². The molecule has 7 heteroatoms. The maximum absolute atomic E-state index is 13.1. The maximum atomic E-state index is 13.1. The predicted octanol–water partition coefficient (Wildman–Crippen LogP) is 3.39. The smallest absolute Gasteiger partial charge is 0.309 e. The molecule has 7 nitrogen and oxygen atoms in total. The number of hydrogen-bond donors (Lipinski definition) is 0. The molecule has 2 heterocycles. The van der Waals surface area contributed by atoms with Gasteiger partial charge < -0.3 is 9.47 Å². The summed E-state index contributed by atoms with van der Waals surface area (Å²) in [6.07, 6.45) is 1.44. The average Bonchev–Trinajstić information content (AvgIpc) is 3.09. The van der Waals surface area contributed by atoms with Crippen molar-refractivity contribution < 1.29 is 23.9 Å². The molecule has 0 saturated carbocycles. The molecule has 31 heavy (non-hydrogen) atoms. The summed E-state index contributed by atoms with van der Waals surface area (Å²) in [4.78, 5) is 40.9. The van der Waals surface area contributed by atoms with Gasteiger partial charge in [0.15, 0.2) is 0 Å². The Morgan fingerprint density at radius 2 is 1.61 bits per heavy atom. The molecule has 1 unspecified atom stereocenters. The molecule has 0 radical (unpaired) electrons. The van der Waals surface area contributed by atoms with Crippen LogP contribution in [0.1, 0.15) is 26.2 Å². The summed E-state index contributed by atoms with van der Waals surface area (Å²) >= 11 is 0. The molecular weight excluding hydrogens is 396 g/mol. The van der Waals surface area contributed by atoms with Crippen LogP contribution in [0.15, 0.2) is 54.6 Å². The third-order valence-corrected chi connectivity index (χ3v) is 5.79. The van der Waals surface area contributed by atoms with E-state index in [4.69, 9.17) is 9.47 Å². The van der Waals surface area contributed by atoms with Crippen molar-refractivity contribution in [3.63, 3.8) is 0 Å². The lowest BCUT2D eigenvalue weighted by Crippen LogP contribution is -2.47. The molecule has 0 bridgehead atoms. The molecule has 0 aliphatic carbocycles. The molecule has 162 valence electrons. The summed E-state index contributed by atoms with van der Waals surface area (Å²) < 4.78 is 10.9. The van der Waals surface area contributed by atoms with Gasteiger partial charge in [0.05, 0.1) is 30.7 Å². The van der Waals surface area contributed by atoms with Gasteiger partial charge in [0, 0.05) is 0 Å². The highest BCUT2D eigenvalue weighted by Crippen LogP contribution is 2.31. The average molecular weight is 422 g/mol. The number of imide groups is 1. The molecule has 2 aliphatic rings. The van der Waals surface area contributed by atoms with Gasteiger partial charge in [0.1, 0.15) is 11.5 Å². The van der Waals surface area contributed by atoms with E-state index in [1.54, 1.807) is 31.2 Å². The highest BCUT2D eigenvalue weighted by molar-refractivity contribution is 6.22. The third kappa shape index (κ3) is 4.61. The van der Waals surface area contributed by atoms with Crippen molar-refractivity contribution >= 4 is 23.5 Å². The molecule has 2 amide bonds. The number of hydrogen-bond acceptors (Lipinski definition) is 6. The number of esters is 1. The van der Waals surface area contributed by atoms with Crippen LogP contribution < -0.4 is 9.64 Å². The number of ether oxygens (including phenoxy) is 2. The number of para-hydroxylation sites is 1. The van der Waals surface area contributed by atoms with Crippen molar-refractivity contribution in [2.45, 2.75) is 32.2 Å². The Balaban J connectivity index is 1.39. The van der Waals surface area contributed by atoms with Crippen LogP contribution in [0.25, 0.3) is 0 Å². The molecule has 0 N–H and O–H groups in total. The lowest BCUT2D eigenvalue weighted by molar-refractivity contribution is -0.149. The molecule has 0 spiro atoms. The highest BCUT2D eigenvalue weighted by Gasteiger charge is 2.44. The Kier molecular flexibility index (Phi) is 6.32. The summed E-state index contributed by atoms with van der Waals surface area (Å²) in [7, 11) is 0. The Labute approximate surface area is 181 Å². The first kappa shape index (κ1) is 21.1. The predicted molar refractivity (Wildman–Crippen MR) is 115 cm³/mol. The first-order valence-electron chi connectivity index (χ1n) is 10.7. The zero-order chi connectivity index (χ0) is 21.8. The molecule has 2 saturated heterocycles. The molecular formula is C24H26N2O5. The molecule has 2 aromatic carbocycles. The second-order valence-electron chi connectivity index (χ2n) is 7.76. The number of rotatable bonds is 6. The second kappa shape index (κ2) is 9.31. The second-order valence-corrected chi connectivity index (χ2v) is 7.76. The normalized spacial score (nSPS) is 20.2. The number of carbonyl (C=O) groups excluding carboxylic acids is 3. The van der Waals surface area contributed by atoms with Crippen LogP contribution in [-0.4, -0.2) is 48.4 Å². The third-order valence-electron chi connectivity index (χ3n) is 5.79. The number of likely N-dealkylation sites (tertiary alicyclic amines) is 1. The van der Waals surface area contributed by atoms with E-state index in [2.05, 4.69) is 0 Å². The van der Waals surface area contributed by atoms with Gasteiger partial charge in [-0.3, -0.25) is 19.3 Å². The zero-order valence-corrected chi connectivity index (χ0v) is 17.5. The number of carbonyl (C=O) groups is 3. The van der Waals surface area contributed by atoms with Crippen molar-refractivity contribution in [1.82, 2.24) is 4.90 Å². The minimum absolute atomic E-state index is 0.128. The maximum Gasteiger partial charge on any atom is 0.309 e. The highest BCUT2D eigenvalue weighted by atomic mass is 16.5. The fourth-order valence-corrected chi connectivity index (χ4v) is 4.17. The van der Waals surface area contributed by atoms with E-state index in [1.165, 1.54) is 4.90 Å². The van der Waals surface area contributed by atoms with Crippen LogP contribution in [0.4, 0.5) is 5.69 Å². The summed E-state index contributed by atoms with van der Waals surface area (Å²) in [5.41, 5.74) is 0.541. The van der Waals surface area contributed by atoms with Gasteiger partial charge in [-0.05, 0) is 69.3 Å². The largest absolute Gasteiger partial charge is 0.466 e. The Morgan fingerprint density at radius 3 is 2.26 bits per heavy atom. The van der Waals surface area contributed by atoms with E-state index in [1.807, 2.05) is 35.2 Å². The lowest BCUT2D eigenvalue weighted by Gasteiger charge is -2.33. The van der Waals surface area contributed by atoms with E-state index < -0.39 is 6.04 Å². The van der Waals surface area contributed by atoms with Gasteiger partial charge in [0.25, 0.3) is 5.91 Å². The summed E-state index contributed by atoms with van der Waals surface area (Å²) in [5, 5.41) is 0. The van der Waals surface area contributed by atoms with Gasteiger partial charge in [-0.2, -0.15) is 0 Å².